The van der Waals surface area contributed by atoms with Crippen molar-refractivity contribution in [2.45, 2.75) is 17.9 Å². The highest BCUT2D eigenvalue weighted by Gasteiger charge is 2.16. The molecular weight excluding hydrogens is 279 g/mol. The molecule has 0 fully saturated rings. The fourth-order valence-corrected chi connectivity index (χ4v) is 2.58. The van der Waals surface area contributed by atoms with Gasteiger partial charge in [-0.25, -0.2) is 12.8 Å². The molecule has 0 saturated carbocycles. The lowest BCUT2D eigenvalue weighted by molar-refractivity contribution is 0.215. The van der Waals surface area contributed by atoms with E-state index in [2.05, 4.69) is 0 Å². The molecule has 1 N–H and O–H groups in total. The number of halogens is 1. The van der Waals surface area contributed by atoms with Gasteiger partial charge in [-0.05, 0) is 30.7 Å². The molecule has 0 aliphatic heterocycles. The first-order valence-electron chi connectivity index (χ1n) is 6.03. The Kier molecular flexibility index (Phi) is 3.92. The van der Waals surface area contributed by atoms with Crippen LogP contribution in [0.15, 0.2) is 47.4 Å². The zero-order valence-corrected chi connectivity index (χ0v) is 12.0. The van der Waals surface area contributed by atoms with Crippen molar-refractivity contribution in [3.8, 4) is 0 Å². The van der Waals surface area contributed by atoms with Gasteiger partial charge in [0, 0.05) is 11.8 Å². The van der Waals surface area contributed by atoms with Gasteiger partial charge in [-0.15, -0.1) is 0 Å². The number of aryl methyl sites for hydroxylation is 1. The largest absolute Gasteiger partial charge is 0.384 e. The summed E-state index contributed by atoms with van der Waals surface area (Å²) in [7, 11) is -3.28. The molecule has 2 aromatic rings. The van der Waals surface area contributed by atoms with Crippen LogP contribution in [0.5, 0.6) is 0 Å². The van der Waals surface area contributed by atoms with Crippen LogP contribution in [0.1, 0.15) is 22.8 Å². The van der Waals surface area contributed by atoms with Crippen molar-refractivity contribution in [2.24, 2.45) is 0 Å². The molecule has 0 aliphatic carbocycles. The maximum Gasteiger partial charge on any atom is 0.175 e. The van der Waals surface area contributed by atoms with Crippen LogP contribution in [-0.4, -0.2) is 19.8 Å². The third-order valence-electron chi connectivity index (χ3n) is 3.07. The van der Waals surface area contributed by atoms with E-state index >= 15 is 0 Å². The number of rotatable bonds is 3. The van der Waals surface area contributed by atoms with Crippen LogP contribution in [0.3, 0.4) is 0 Å². The fraction of sp³-hybridized carbons (Fsp3) is 0.200. The highest BCUT2D eigenvalue weighted by molar-refractivity contribution is 7.90. The standard InChI is InChI=1S/C15H15FO3S/c1-10-3-8-14(16)13(9-10)15(17)11-4-6-12(7-5-11)20(2,18)19/h3-9,15,17H,1-2H3. The lowest BCUT2D eigenvalue weighted by atomic mass is 9.99. The van der Waals surface area contributed by atoms with E-state index in [0.29, 0.717) is 5.56 Å². The Bertz CT molecular complexity index is 721. The highest BCUT2D eigenvalue weighted by atomic mass is 32.2. The molecule has 2 aromatic carbocycles. The lowest BCUT2D eigenvalue weighted by Crippen LogP contribution is -2.04. The molecule has 0 heterocycles. The predicted molar refractivity (Wildman–Crippen MR) is 74.8 cm³/mol. The molecule has 0 bridgehead atoms. The molecule has 0 radical (unpaired) electrons. The van der Waals surface area contributed by atoms with E-state index < -0.39 is 21.8 Å². The summed E-state index contributed by atoms with van der Waals surface area (Å²) in [5.74, 6) is -0.490. The van der Waals surface area contributed by atoms with Gasteiger partial charge in [0.2, 0.25) is 0 Å². The van der Waals surface area contributed by atoms with E-state index in [1.165, 1.54) is 30.3 Å². The van der Waals surface area contributed by atoms with Crippen LogP contribution in [0.25, 0.3) is 0 Å². The molecule has 3 nitrogen and oxygen atoms in total. The number of benzene rings is 2. The summed E-state index contributed by atoms with van der Waals surface area (Å²) < 4.78 is 36.4. The molecule has 20 heavy (non-hydrogen) atoms. The first-order chi connectivity index (χ1) is 9.29. The van der Waals surface area contributed by atoms with Gasteiger partial charge in [0.25, 0.3) is 0 Å². The Morgan fingerprint density at radius 2 is 1.70 bits per heavy atom. The van der Waals surface area contributed by atoms with Gasteiger partial charge < -0.3 is 5.11 Å². The second-order valence-corrected chi connectivity index (χ2v) is 6.78. The van der Waals surface area contributed by atoms with Crippen molar-refractivity contribution in [3.63, 3.8) is 0 Å². The lowest BCUT2D eigenvalue weighted by Gasteiger charge is -2.13. The normalized spacial score (nSPS) is 13.2. The number of aliphatic hydroxyl groups excluding tert-OH is 1. The molecule has 1 unspecified atom stereocenters. The molecule has 0 aromatic heterocycles. The van der Waals surface area contributed by atoms with Crippen molar-refractivity contribution in [1.82, 2.24) is 0 Å². The maximum absolute atomic E-state index is 13.7. The minimum absolute atomic E-state index is 0.165. The van der Waals surface area contributed by atoms with Crippen LogP contribution in [0, 0.1) is 12.7 Å². The maximum atomic E-state index is 13.7. The average Bonchev–Trinajstić information content (AvgIpc) is 2.40. The molecule has 1 atom stereocenters. The molecule has 5 heteroatoms. The summed E-state index contributed by atoms with van der Waals surface area (Å²) in [6, 6.07) is 10.3. The third kappa shape index (κ3) is 3.05. The number of aliphatic hydroxyl groups is 1. The average molecular weight is 294 g/mol. The molecule has 0 saturated heterocycles. The Morgan fingerprint density at radius 1 is 1.10 bits per heavy atom. The minimum atomic E-state index is -3.28. The van der Waals surface area contributed by atoms with Crippen LogP contribution < -0.4 is 0 Å². The van der Waals surface area contributed by atoms with Crippen molar-refractivity contribution in [2.75, 3.05) is 6.26 Å². The summed E-state index contributed by atoms with van der Waals surface area (Å²) in [5.41, 5.74) is 1.47. The zero-order chi connectivity index (χ0) is 14.9. The van der Waals surface area contributed by atoms with Gasteiger partial charge in [0.15, 0.2) is 9.84 Å². The zero-order valence-electron chi connectivity index (χ0n) is 11.2. The monoisotopic (exact) mass is 294 g/mol. The topological polar surface area (TPSA) is 54.4 Å². The van der Waals surface area contributed by atoms with Gasteiger partial charge >= 0.3 is 0 Å². The van der Waals surface area contributed by atoms with E-state index in [1.807, 2.05) is 6.92 Å². The van der Waals surface area contributed by atoms with Gasteiger partial charge in [-0.2, -0.15) is 0 Å². The summed E-state index contributed by atoms with van der Waals surface area (Å²) in [4.78, 5) is 0.165. The summed E-state index contributed by atoms with van der Waals surface area (Å²) >= 11 is 0. The Morgan fingerprint density at radius 3 is 2.25 bits per heavy atom. The SMILES string of the molecule is Cc1ccc(F)c(C(O)c2ccc(S(C)(=O)=O)cc2)c1. The molecule has 106 valence electrons. The number of sulfone groups is 1. The van der Waals surface area contributed by atoms with Crippen LogP contribution in [0.4, 0.5) is 4.39 Å². The number of hydrogen-bond acceptors (Lipinski definition) is 3. The van der Waals surface area contributed by atoms with E-state index in [-0.39, 0.29) is 10.5 Å². The Balaban J connectivity index is 2.39. The predicted octanol–water partition coefficient (Wildman–Crippen LogP) is 2.62. The molecule has 0 aliphatic rings. The summed E-state index contributed by atoms with van der Waals surface area (Å²) in [6.45, 7) is 1.81. The fourth-order valence-electron chi connectivity index (χ4n) is 1.95. The van der Waals surface area contributed by atoms with Crippen LogP contribution in [-0.2, 0) is 9.84 Å². The smallest absolute Gasteiger partial charge is 0.175 e. The van der Waals surface area contributed by atoms with E-state index in [1.54, 1.807) is 12.1 Å². The van der Waals surface area contributed by atoms with E-state index in [9.17, 15) is 17.9 Å². The first-order valence-corrected chi connectivity index (χ1v) is 7.92. The summed E-state index contributed by atoms with van der Waals surface area (Å²) in [6.07, 6.45) is -0.0120. The van der Waals surface area contributed by atoms with Gasteiger partial charge in [-0.3, -0.25) is 0 Å². The number of hydrogen-bond donors (Lipinski definition) is 1. The molecular formula is C15H15FO3S. The van der Waals surface area contributed by atoms with Crippen molar-refractivity contribution >= 4 is 9.84 Å². The quantitative estimate of drug-likeness (QED) is 0.946. The second kappa shape index (κ2) is 5.34. The Hall–Kier alpha value is -1.72. The molecule has 2 rings (SSSR count). The first kappa shape index (κ1) is 14.7. The van der Waals surface area contributed by atoms with Crippen molar-refractivity contribution in [1.29, 1.82) is 0 Å². The van der Waals surface area contributed by atoms with Crippen molar-refractivity contribution < 1.29 is 17.9 Å². The third-order valence-corrected chi connectivity index (χ3v) is 4.20. The van der Waals surface area contributed by atoms with Crippen LogP contribution >= 0.6 is 0 Å². The van der Waals surface area contributed by atoms with Crippen LogP contribution in [0.2, 0.25) is 0 Å². The Labute approximate surface area is 117 Å². The van der Waals surface area contributed by atoms with Gasteiger partial charge in [0.1, 0.15) is 11.9 Å². The van der Waals surface area contributed by atoms with E-state index in [4.69, 9.17) is 0 Å². The highest BCUT2D eigenvalue weighted by Crippen LogP contribution is 2.26. The second-order valence-electron chi connectivity index (χ2n) is 4.77. The van der Waals surface area contributed by atoms with Crippen molar-refractivity contribution in [3.05, 3.63) is 65.0 Å². The summed E-state index contributed by atoms with van der Waals surface area (Å²) in [5, 5.41) is 10.2. The molecule has 0 amide bonds. The van der Waals surface area contributed by atoms with E-state index in [0.717, 1.165) is 11.8 Å². The van der Waals surface area contributed by atoms with Gasteiger partial charge in [0.05, 0.1) is 4.90 Å². The van der Waals surface area contributed by atoms with Gasteiger partial charge in [-0.1, -0.05) is 29.8 Å². The minimum Gasteiger partial charge on any atom is -0.384 e. The molecule has 0 spiro atoms.